The van der Waals surface area contributed by atoms with Crippen LogP contribution in [0.3, 0.4) is 0 Å². The Morgan fingerprint density at radius 2 is 1.43 bits per heavy atom. The number of carbonyl (C=O) groups is 2. The molecule has 0 spiro atoms. The Kier molecular flexibility index (Phi) is 7.87. The molecule has 6 heteroatoms. The molecule has 28 heavy (non-hydrogen) atoms. The molecule has 0 aromatic heterocycles. The fourth-order valence-corrected chi connectivity index (χ4v) is 2.93. The topological polar surface area (TPSA) is 73.5 Å². The van der Waals surface area contributed by atoms with Gasteiger partial charge in [0.1, 0.15) is 6.04 Å². The monoisotopic (exact) mass is 382 g/mol. The summed E-state index contributed by atoms with van der Waals surface area (Å²) in [6.45, 7) is 9.88. The van der Waals surface area contributed by atoms with Crippen molar-refractivity contribution >= 4 is 29.0 Å². The molecular formula is C22H30N4O2. The number of para-hydroxylation sites is 1. The van der Waals surface area contributed by atoms with Crippen molar-refractivity contribution in [1.29, 1.82) is 0 Å². The maximum Gasteiger partial charge on any atom is 0.319 e. The van der Waals surface area contributed by atoms with Crippen molar-refractivity contribution in [2.45, 2.75) is 33.7 Å². The van der Waals surface area contributed by atoms with Crippen LogP contribution in [0.2, 0.25) is 0 Å². The Labute approximate surface area is 167 Å². The minimum atomic E-state index is -0.647. The van der Waals surface area contributed by atoms with Gasteiger partial charge in [-0.3, -0.25) is 4.79 Å². The third-order valence-electron chi connectivity index (χ3n) is 4.53. The SMILES string of the molecule is CCN(CC)c1ccc(NC(=O)C(NC(=O)Nc2ccccc2)C(C)C)cc1. The molecule has 0 heterocycles. The van der Waals surface area contributed by atoms with Crippen molar-refractivity contribution in [3.63, 3.8) is 0 Å². The molecule has 2 rings (SSSR count). The number of anilines is 3. The van der Waals surface area contributed by atoms with Crippen molar-refractivity contribution in [1.82, 2.24) is 5.32 Å². The Morgan fingerprint density at radius 3 is 1.96 bits per heavy atom. The van der Waals surface area contributed by atoms with E-state index in [1.807, 2.05) is 56.3 Å². The van der Waals surface area contributed by atoms with Gasteiger partial charge in [-0.1, -0.05) is 32.0 Å². The number of urea groups is 1. The second kappa shape index (κ2) is 10.3. The molecule has 0 saturated heterocycles. The van der Waals surface area contributed by atoms with E-state index in [0.29, 0.717) is 11.4 Å². The van der Waals surface area contributed by atoms with Crippen LogP contribution in [-0.4, -0.2) is 31.1 Å². The van der Waals surface area contributed by atoms with E-state index in [0.717, 1.165) is 18.8 Å². The second-order valence-corrected chi connectivity index (χ2v) is 6.89. The van der Waals surface area contributed by atoms with E-state index in [2.05, 4.69) is 34.7 Å². The van der Waals surface area contributed by atoms with Gasteiger partial charge in [-0.25, -0.2) is 4.79 Å². The highest BCUT2D eigenvalue weighted by molar-refractivity contribution is 5.99. The van der Waals surface area contributed by atoms with E-state index in [1.165, 1.54) is 0 Å². The van der Waals surface area contributed by atoms with Gasteiger partial charge in [-0.15, -0.1) is 0 Å². The Morgan fingerprint density at radius 1 is 0.857 bits per heavy atom. The van der Waals surface area contributed by atoms with Gasteiger partial charge in [-0.05, 0) is 56.2 Å². The Bertz CT molecular complexity index is 756. The highest BCUT2D eigenvalue weighted by Gasteiger charge is 2.24. The van der Waals surface area contributed by atoms with Gasteiger partial charge in [0, 0.05) is 30.2 Å². The maximum atomic E-state index is 12.7. The summed E-state index contributed by atoms with van der Waals surface area (Å²) < 4.78 is 0. The molecule has 6 nitrogen and oxygen atoms in total. The van der Waals surface area contributed by atoms with Crippen molar-refractivity contribution in [2.75, 3.05) is 28.6 Å². The number of rotatable bonds is 8. The van der Waals surface area contributed by atoms with E-state index in [-0.39, 0.29) is 11.8 Å². The predicted molar refractivity (Wildman–Crippen MR) is 116 cm³/mol. The fraction of sp³-hybridized carbons (Fsp3) is 0.364. The van der Waals surface area contributed by atoms with Gasteiger partial charge in [0.15, 0.2) is 0 Å². The maximum absolute atomic E-state index is 12.7. The molecule has 2 aromatic carbocycles. The van der Waals surface area contributed by atoms with Crippen LogP contribution in [0.4, 0.5) is 21.9 Å². The van der Waals surface area contributed by atoms with Crippen LogP contribution in [0.15, 0.2) is 54.6 Å². The molecule has 1 atom stereocenters. The van der Waals surface area contributed by atoms with E-state index < -0.39 is 12.1 Å². The second-order valence-electron chi connectivity index (χ2n) is 6.89. The lowest BCUT2D eigenvalue weighted by molar-refractivity contribution is -0.118. The molecule has 150 valence electrons. The van der Waals surface area contributed by atoms with E-state index in [1.54, 1.807) is 12.1 Å². The first-order valence-electron chi connectivity index (χ1n) is 9.73. The lowest BCUT2D eigenvalue weighted by Gasteiger charge is -2.23. The molecule has 3 N–H and O–H groups in total. The van der Waals surface area contributed by atoms with Crippen molar-refractivity contribution in [3.05, 3.63) is 54.6 Å². The number of hydrogen-bond donors (Lipinski definition) is 3. The highest BCUT2D eigenvalue weighted by atomic mass is 16.2. The average molecular weight is 383 g/mol. The van der Waals surface area contributed by atoms with Crippen LogP contribution >= 0.6 is 0 Å². The fourth-order valence-electron chi connectivity index (χ4n) is 2.93. The van der Waals surface area contributed by atoms with E-state index in [9.17, 15) is 9.59 Å². The molecule has 0 aliphatic rings. The molecule has 1 unspecified atom stereocenters. The highest BCUT2D eigenvalue weighted by Crippen LogP contribution is 2.18. The van der Waals surface area contributed by atoms with Crippen molar-refractivity contribution < 1.29 is 9.59 Å². The first-order valence-corrected chi connectivity index (χ1v) is 9.73. The smallest absolute Gasteiger partial charge is 0.319 e. The average Bonchev–Trinajstić information content (AvgIpc) is 2.69. The van der Waals surface area contributed by atoms with Gasteiger partial charge in [0.25, 0.3) is 0 Å². The van der Waals surface area contributed by atoms with Gasteiger partial charge >= 0.3 is 6.03 Å². The third-order valence-corrected chi connectivity index (χ3v) is 4.53. The predicted octanol–water partition coefficient (Wildman–Crippen LogP) is 4.32. The summed E-state index contributed by atoms with van der Waals surface area (Å²) in [5.74, 6) is -0.301. The van der Waals surface area contributed by atoms with Crippen LogP contribution in [0.5, 0.6) is 0 Å². The Balaban J connectivity index is 1.99. The number of hydrogen-bond acceptors (Lipinski definition) is 3. The van der Waals surface area contributed by atoms with Crippen LogP contribution in [0.25, 0.3) is 0 Å². The van der Waals surface area contributed by atoms with Crippen molar-refractivity contribution in [2.24, 2.45) is 5.92 Å². The minimum absolute atomic E-state index is 0.0588. The number of amides is 3. The van der Waals surface area contributed by atoms with Gasteiger partial charge < -0.3 is 20.9 Å². The molecule has 0 radical (unpaired) electrons. The van der Waals surface area contributed by atoms with Crippen LogP contribution in [0.1, 0.15) is 27.7 Å². The summed E-state index contributed by atoms with van der Waals surface area (Å²) in [7, 11) is 0. The normalized spacial score (nSPS) is 11.6. The first kappa shape index (κ1) is 21.3. The zero-order chi connectivity index (χ0) is 20.5. The minimum Gasteiger partial charge on any atom is -0.372 e. The number of nitrogens with one attached hydrogen (secondary N) is 3. The van der Waals surface area contributed by atoms with Crippen LogP contribution in [0, 0.1) is 5.92 Å². The van der Waals surface area contributed by atoms with Gasteiger partial charge in [0.05, 0.1) is 0 Å². The molecule has 0 bridgehead atoms. The number of benzene rings is 2. The number of carbonyl (C=O) groups excluding carboxylic acids is 2. The standard InChI is InChI=1S/C22H30N4O2/c1-5-26(6-2)19-14-12-18(13-15-19)23-21(27)20(16(3)4)25-22(28)24-17-10-8-7-9-11-17/h7-16,20H,5-6H2,1-4H3,(H,23,27)(H2,24,25,28). The molecule has 0 aliphatic heterocycles. The first-order chi connectivity index (χ1) is 13.4. The van der Waals surface area contributed by atoms with Crippen LogP contribution < -0.4 is 20.9 Å². The third kappa shape index (κ3) is 6.01. The largest absolute Gasteiger partial charge is 0.372 e. The Hall–Kier alpha value is -3.02. The molecule has 0 aliphatic carbocycles. The van der Waals surface area contributed by atoms with E-state index in [4.69, 9.17) is 0 Å². The van der Waals surface area contributed by atoms with Crippen LogP contribution in [-0.2, 0) is 4.79 Å². The molecule has 0 fully saturated rings. The summed E-state index contributed by atoms with van der Waals surface area (Å²) in [5.41, 5.74) is 2.50. The summed E-state index contributed by atoms with van der Waals surface area (Å²) >= 11 is 0. The summed E-state index contributed by atoms with van der Waals surface area (Å²) in [4.78, 5) is 27.2. The zero-order valence-electron chi connectivity index (χ0n) is 17.0. The van der Waals surface area contributed by atoms with Gasteiger partial charge in [-0.2, -0.15) is 0 Å². The summed E-state index contributed by atoms with van der Waals surface area (Å²) in [6, 6.07) is 15.8. The lowest BCUT2D eigenvalue weighted by atomic mass is 10.0. The summed E-state index contributed by atoms with van der Waals surface area (Å²) in [6.07, 6.45) is 0. The van der Waals surface area contributed by atoms with Gasteiger partial charge in [0.2, 0.25) is 5.91 Å². The summed E-state index contributed by atoms with van der Waals surface area (Å²) in [5, 5.41) is 8.40. The molecular weight excluding hydrogens is 352 g/mol. The van der Waals surface area contributed by atoms with Crippen molar-refractivity contribution in [3.8, 4) is 0 Å². The zero-order valence-corrected chi connectivity index (χ0v) is 17.0. The van der Waals surface area contributed by atoms with E-state index >= 15 is 0 Å². The lowest BCUT2D eigenvalue weighted by Crippen LogP contribution is -2.48. The number of nitrogens with zero attached hydrogens (tertiary/aromatic N) is 1. The molecule has 0 saturated carbocycles. The quantitative estimate of drug-likeness (QED) is 0.637. The molecule has 2 aromatic rings. The molecule has 3 amide bonds.